The summed E-state index contributed by atoms with van der Waals surface area (Å²) in [6.45, 7) is 0. The van der Waals surface area contributed by atoms with Gasteiger partial charge in [0.25, 0.3) is 0 Å². The van der Waals surface area contributed by atoms with E-state index in [0.717, 1.165) is 0 Å². The van der Waals surface area contributed by atoms with Gasteiger partial charge < -0.3 is 4.52 Å². The van der Waals surface area contributed by atoms with Crippen LogP contribution in [-0.2, 0) is 4.79 Å². The van der Waals surface area contributed by atoms with E-state index in [1.165, 1.54) is 12.3 Å². The highest BCUT2D eigenvalue weighted by molar-refractivity contribution is 6.30. The van der Waals surface area contributed by atoms with Crippen molar-refractivity contribution in [1.82, 2.24) is 5.16 Å². The molecule has 0 amide bonds. The van der Waals surface area contributed by atoms with Crippen molar-refractivity contribution in [3.8, 4) is 11.3 Å². The number of hydrogen-bond donors (Lipinski definition) is 0. The lowest BCUT2D eigenvalue weighted by atomic mass is 10.1. The second-order valence-corrected chi connectivity index (χ2v) is 3.19. The number of carbonyl (C=O) groups excluding carboxylic acids is 1. The zero-order valence-corrected chi connectivity index (χ0v) is 8.23. The first-order valence-electron chi connectivity index (χ1n) is 4.10. The number of nitrogens with zero attached hydrogens (tertiary/aromatic N) is 2. The molecule has 0 aliphatic carbocycles. The van der Waals surface area contributed by atoms with E-state index in [9.17, 15) is 4.79 Å². The van der Waals surface area contributed by atoms with Crippen LogP contribution in [0.2, 0.25) is 5.02 Å². The first kappa shape index (κ1) is 9.65. The minimum Gasteiger partial charge on any atom is -0.354 e. The molecule has 0 aliphatic heterocycles. The van der Waals surface area contributed by atoms with E-state index < -0.39 is 0 Å². The second kappa shape index (κ2) is 4.09. The Labute approximate surface area is 90.2 Å². The predicted molar refractivity (Wildman–Crippen MR) is 54.7 cm³/mol. The lowest BCUT2D eigenvalue weighted by Crippen LogP contribution is -1.74. The molecule has 1 heterocycles. The number of rotatable bonds is 2. The van der Waals surface area contributed by atoms with Crippen LogP contribution >= 0.6 is 11.6 Å². The molecule has 15 heavy (non-hydrogen) atoms. The monoisotopic (exact) mass is 220 g/mol. The molecule has 1 aromatic heterocycles. The van der Waals surface area contributed by atoms with E-state index in [1.54, 1.807) is 24.3 Å². The molecule has 4 nitrogen and oxygen atoms in total. The van der Waals surface area contributed by atoms with Crippen LogP contribution in [0.1, 0.15) is 0 Å². The van der Waals surface area contributed by atoms with Gasteiger partial charge in [0.15, 0.2) is 5.76 Å². The number of aromatic nitrogens is 1. The first-order chi connectivity index (χ1) is 7.31. The SMILES string of the molecule is O=C=Nc1cnoc1-c1cccc(Cl)c1. The Morgan fingerprint density at radius 1 is 1.47 bits per heavy atom. The lowest BCUT2D eigenvalue weighted by molar-refractivity contribution is 0.432. The van der Waals surface area contributed by atoms with Crippen LogP contribution in [0.25, 0.3) is 11.3 Å². The van der Waals surface area contributed by atoms with E-state index >= 15 is 0 Å². The summed E-state index contributed by atoms with van der Waals surface area (Å²) >= 11 is 5.82. The predicted octanol–water partition coefficient (Wildman–Crippen LogP) is 2.96. The van der Waals surface area contributed by atoms with Gasteiger partial charge in [0.05, 0.1) is 6.20 Å². The Bertz CT molecular complexity index is 530. The second-order valence-electron chi connectivity index (χ2n) is 2.75. The van der Waals surface area contributed by atoms with Crippen molar-refractivity contribution in [3.63, 3.8) is 0 Å². The lowest BCUT2D eigenvalue weighted by Gasteiger charge is -1.96. The van der Waals surface area contributed by atoms with Crippen LogP contribution in [0.3, 0.4) is 0 Å². The fraction of sp³-hybridized carbons (Fsp3) is 0. The van der Waals surface area contributed by atoms with E-state index in [4.69, 9.17) is 16.1 Å². The first-order valence-corrected chi connectivity index (χ1v) is 4.47. The summed E-state index contributed by atoms with van der Waals surface area (Å²) in [7, 11) is 0. The van der Waals surface area contributed by atoms with Gasteiger partial charge in [0.2, 0.25) is 6.08 Å². The number of halogens is 1. The highest BCUT2D eigenvalue weighted by atomic mass is 35.5. The molecule has 0 radical (unpaired) electrons. The van der Waals surface area contributed by atoms with E-state index in [1.807, 2.05) is 0 Å². The molecule has 0 bridgehead atoms. The molecule has 0 aliphatic rings. The van der Waals surface area contributed by atoms with Crippen LogP contribution < -0.4 is 0 Å². The Balaban J connectivity index is 2.53. The molecule has 0 fully saturated rings. The summed E-state index contributed by atoms with van der Waals surface area (Å²) in [5, 5.41) is 4.13. The molecule has 2 rings (SSSR count). The minimum atomic E-state index is 0.340. The van der Waals surface area contributed by atoms with Crippen molar-refractivity contribution in [1.29, 1.82) is 0 Å². The Morgan fingerprint density at radius 2 is 2.33 bits per heavy atom. The third kappa shape index (κ3) is 1.96. The zero-order chi connectivity index (χ0) is 10.7. The summed E-state index contributed by atoms with van der Waals surface area (Å²) in [5.41, 5.74) is 1.06. The quantitative estimate of drug-likeness (QED) is 0.578. The number of benzene rings is 1. The molecule has 1 aromatic carbocycles. The van der Waals surface area contributed by atoms with Crippen molar-refractivity contribution in [2.75, 3.05) is 0 Å². The van der Waals surface area contributed by atoms with E-state index in [0.29, 0.717) is 22.0 Å². The maximum Gasteiger partial charge on any atom is 0.240 e. The summed E-state index contributed by atoms with van der Waals surface area (Å²) in [6.07, 6.45) is 2.79. The van der Waals surface area contributed by atoms with Gasteiger partial charge in [-0.05, 0) is 12.1 Å². The highest BCUT2D eigenvalue weighted by Gasteiger charge is 2.09. The van der Waals surface area contributed by atoms with Crippen LogP contribution in [-0.4, -0.2) is 11.2 Å². The van der Waals surface area contributed by atoms with E-state index in [-0.39, 0.29) is 0 Å². The summed E-state index contributed by atoms with van der Waals surface area (Å²) < 4.78 is 4.98. The maximum absolute atomic E-state index is 10.1. The average molecular weight is 221 g/mol. The maximum atomic E-state index is 10.1. The van der Waals surface area contributed by atoms with Gasteiger partial charge in [-0.2, -0.15) is 4.99 Å². The van der Waals surface area contributed by atoms with Crippen LogP contribution in [0, 0.1) is 0 Å². The Hall–Kier alpha value is -1.90. The van der Waals surface area contributed by atoms with Crippen LogP contribution in [0.5, 0.6) is 0 Å². The van der Waals surface area contributed by atoms with Crippen molar-refractivity contribution in [3.05, 3.63) is 35.5 Å². The topological polar surface area (TPSA) is 55.5 Å². The van der Waals surface area contributed by atoms with Gasteiger partial charge >= 0.3 is 0 Å². The van der Waals surface area contributed by atoms with Crippen molar-refractivity contribution >= 4 is 23.4 Å². The number of aliphatic imine (C=N–C) groups is 1. The van der Waals surface area contributed by atoms with Gasteiger partial charge in [-0.25, -0.2) is 4.79 Å². The molecule has 0 unspecified atom stereocenters. The van der Waals surface area contributed by atoms with E-state index in [2.05, 4.69) is 10.1 Å². The summed E-state index contributed by atoms with van der Waals surface area (Å²) in [5.74, 6) is 0.404. The van der Waals surface area contributed by atoms with Crippen molar-refractivity contribution < 1.29 is 9.32 Å². The van der Waals surface area contributed by atoms with Gasteiger partial charge in [0, 0.05) is 10.6 Å². The minimum absolute atomic E-state index is 0.340. The largest absolute Gasteiger partial charge is 0.354 e. The molecular weight excluding hydrogens is 216 g/mol. The third-order valence-corrected chi connectivity index (χ3v) is 2.04. The van der Waals surface area contributed by atoms with Crippen LogP contribution in [0.4, 0.5) is 5.69 Å². The van der Waals surface area contributed by atoms with Crippen LogP contribution in [0.15, 0.2) is 40.0 Å². The molecule has 0 N–H and O–H groups in total. The molecular formula is C10H5ClN2O2. The fourth-order valence-corrected chi connectivity index (χ4v) is 1.38. The van der Waals surface area contributed by atoms with Gasteiger partial charge in [-0.3, -0.25) is 0 Å². The molecule has 0 spiro atoms. The standard InChI is InChI=1S/C10H5ClN2O2/c11-8-3-1-2-7(4-8)10-9(12-6-14)5-13-15-10/h1-5H. The smallest absolute Gasteiger partial charge is 0.240 e. The molecule has 5 heteroatoms. The zero-order valence-electron chi connectivity index (χ0n) is 7.48. The summed E-state index contributed by atoms with van der Waals surface area (Å²) in [6, 6.07) is 7.00. The summed E-state index contributed by atoms with van der Waals surface area (Å²) in [4.78, 5) is 13.6. The molecule has 0 saturated carbocycles. The number of isocyanates is 1. The Morgan fingerprint density at radius 3 is 3.07 bits per heavy atom. The van der Waals surface area contributed by atoms with Gasteiger partial charge in [-0.1, -0.05) is 28.9 Å². The Kier molecular flexibility index (Phi) is 2.63. The van der Waals surface area contributed by atoms with Crippen molar-refractivity contribution in [2.24, 2.45) is 4.99 Å². The van der Waals surface area contributed by atoms with Gasteiger partial charge in [-0.15, -0.1) is 0 Å². The molecule has 0 saturated heterocycles. The normalized spacial score (nSPS) is 9.67. The number of hydrogen-bond acceptors (Lipinski definition) is 4. The molecule has 0 atom stereocenters. The average Bonchev–Trinajstić information content (AvgIpc) is 2.66. The van der Waals surface area contributed by atoms with Gasteiger partial charge in [0.1, 0.15) is 5.69 Å². The fourth-order valence-electron chi connectivity index (χ4n) is 1.19. The highest BCUT2D eigenvalue weighted by Crippen LogP contribution is 2.30. The molecule has 2 aromatic rings. The van der Waals surface area contributed by atoms with Crippen molar-refractivity contribution in [2.45, 2.75) is 0 Å². The third-order valence-electron chi connectivity index (χ3n) is 1.80. The molecule has 74 valence electrons.